The van der Waals surface area contributed by atoms with E-state index < -0.39 is 0 Å². The van der Waals surface area contributed by atoms with Crippen molar-refractivity contribution in [3.8, 4) is 0 Å². The van der Waals surface area contributed by atoms with E-state index in [1.54, 1.807) is 24.5 Å². The molecule has 20 heavy (non-hydrogen) atoms. The third kappa shape index (κ3) is 2.16. The number of nitrogen functional groups attached to an aromatic ring is 1. The van der Waals surface area contributed by atoms with Gasteiger partial charge >= 0.3 is 0 Å². The van der Waals surface area contributed by atoms with Crippen molar-refractivity contribution >= 4 is 28.2 Å². The second-order valence-corrected chi connectivity index (χ2v) is 4.29. The molecule has 98 valence electrons. The number of anilines is 2. The van der Waals surface area contributed by atoms with Crippen LogP contribution in [0.5, 0.6) is 0 Å². The number of pyridine rings is 2. The lowest BCUT2D eigenvalue weighted by Crippen LogP contribution is -2.14. The molecule has 0 aliphatic rings. The molecule has 1 amide bonds. The van der Waals surface area contributed by atoms with Gasteiger partial charge in [-0.2, -0.15) is 0 Å². The van der Waals surface area contributed by atoms with E-state index in [4.69, 9.17) is 5.73 Å². The third-order valence-corrected chi connectivity index (χ3v) is 2.99. The highest BCUT2D eigenvalue weighted by molar-refractivity contribution is 6.13. The molecule has 0 fully saturated rings. The fourth-order valence-electron chi connectivity index (χ4n) is 2.00. The van der Waals surface area contributed by atoms with Gasteiger partial charge in [0.05, 0.1) is 28.7 Å². The molecule has 0 aliphatic carbocycles. The van der Waals surface area contributed by atoms with Crippen LogP contribution in [0.1, 0.15) is 10.4 Å². The minimum Gasteiger partial charge on any atom is -0.396 e. The second kappa shape index (κ2) is 4.97. The molecule has 0 spiro atoms. The van der Waals surface area contributed by atoms with E-state index in [1.807, 2.05) is 24.3 Å². The zero-order valence-corrected chi connectivity index (χ0v) is 10.6. The van der Waals surface area contributed by atoms with Gasteiger partial charge in [-0.05, 0) is 18.2 Å². The molecule has 3 aromatic rings. The van der Waals surface area contributed by atoms with Crippen LogP contribution in [0, 0.1) is 0 Å². The standard InChI is InChI=1S/C15H12N4O/c16-12-9-17-7-6-14(12)19-15(20)11-5-8-18-13-4-2-1-3-10(11)13/h1-9H,16H2,(H,17,19,20). The molecule has 2 heterocycles. The van der Waals surface area contributed by atoms with E-state index in [-0.39, 0.29) is 5.91 Å². The Labute approximate surface area is 115 Å². The first kappa shape index (κ1) is 12.1. The van der Waals surface area contributed by atoms with Gasteiger partial charge in [0, 0.05) is 17.8 Å². The predicted octanol–water partition coefficient (Wildman–Crippen LogP) is 2.46. The first-order valence-corrected chi connectivity index (χ1v) is 6.10. The van der Waals surface area contributed by atoms with Crippen LogP contribution in [0.2, 0.25) is 0 Å². The Balaban J connectivity index is 1.99. The van der Waals surface area contributed by atoms with Crippen LogP contribution >= 0.6 is 0 Å². The fraction of sp³-hybridized carbons (Fsp3) is 0. The molecule has 0 radical (unpaired) electrons. The number of amides is 1. The molecule has 0 bridgehead atoms. The summed E-state index contributed by atoms with van der Waals surface area (Å²) in [5.41, 5.74) is 8.09. The van der Waals surface area contributed by atoms with E-state index in [1.165, 1.54) is 6.20 Å². The number of para-hydroxylation sites is 1. The maximum absolute atomic E-state index is 12.4. The molecule has 3 N–H and O–H groups in total. The van der Waals surface area contributed by atoms with Crippen molar-refractivity contribution in [3.63, 3.8) is 0 Å². The van der Waals surface area contributed by atoms with Crippen molar-refractivity contribution in [1.29, 1.82) is 0 Å². The molecule has 0 aliphatic heterocycles. The van der Waals surface area contributed by atoms with Gasteiger partial charge in [-0.25, -0.2) is 0 Å². The molecule has 5 nitrogen and oxygen atoms in total. The number of carbonyl (C=O) groups is 1. The SMILES string of the molecule is Nc1cnccc1NC(=O)c1ccnc2ccccc12. The van der Waals surface area contributed by atoms with Gasteiger partial charge in [0.15, 0.2) is 0 Å². The van der Waals surface area contributed by atoms with Crippen LogP contribution < -0.4 is 11.1 Å². The highest BCUT2D eigenvalue weighted by Crippen LogP contribution is 2.20. The van der Waals surface area contributed by atoms with Crippen LogP contribution in [0.3, 0.4) is 0 Å². The summed E-state index contributed by atoms with van der Waals surface area (Å²) in [6, 6.07) is 10.9. The topological polar surface area (TPSA) is 80.9 Å². The second-order valence-electron chi connectivity index (χ2n) is 4.29. The molecular formula is C15H12N4O. The summed E-state index contributed by atoms with van der Waals surface area (Å²) in [7, 11) is 0. The molecule has 1 aromatic carbocycles. The van der Waals surface area contributed by atoms with Crippen LogP contribution in [0.4, 0.5) is 11.4 Å². The van der Waals surface area contributed by atoms with Crippen molar-refractivity contribution in [2.75, 3.05) is 11.1 Å². The minimum atomic E-state index is -0.221. The number of fused-ring (bicyclic) bond motifs is 1. The van der Waals surface area contributed by atoms with E-state index in [9.17, 15) is 4.79 Å². The smallest absolute Gasteiger partial charge is 0.256 e. The monoisotopic (exact) mass is 264 g/mol. The predicted molar refractivity (Wildman–Crippen MR) is 78.3 cm³/mol. The Morgan fingerprint density at radius 1 is 1.10 bits per heavy atom. The maximum Gasteiger partial charge on any atom is 0.256 e. The molecular weight excluding hydrogens is 252 g/mol. The molecule has 3 rings (SSSR count). The van der Waals surface area contributed by atoms with Gasteiger partial charge in [-0.3, -0.25) is 14.8 Å². The molecule has 0 saturated heterocycles. The largest absolute Gasteiger partial charge is 0.396 e. The van der Waals surface area contributed by atoms with Gasteiger partial charge in [0.25, 0.3) is 5.91 Å². The molecule has 2 aromatic heterocycles. The van der Waals surface area contributed by atoms with Crippen molar-refractivity contribution in [2.45, 2.75) is 0 Å². The van der Waals surface area contributed by atoms with Gasteiger partial charge < -0.3 is 11.1 Å². The van der Waals surface area contributed by atoms with Crippen LogP contribution in [-0.2, 0) is 0 Å². The molecule has 0 unspecified atom stereocenters. The van der Waals surface area contributed by atoms with Crippen molar-refractivity contribution < 1.29 is 4.79 Å². The number of hydrogen-bond donors (Lipinski definition) is 2. The lowest BCUT2D eigenvalue weighted by molar-refractivity contribution is 0.102. The van der Waals surface area contributed by atoms with Crippen LogP contribution in [-0.4, -0.2) is 15.9 Å². The Morgan fingerprint density at radius 2 is 1.95 bits per heavy atom. The van der Waals surface area contributed by atoms with E-state index in [0.29, 0.717) is 16.9 Å². The average molecular weight is 264 g/mol. The average Bonchev–Trinajstić information content (AvgIpc) is 2.49. The summed E-state index contributed by atoms with van der Waals surface area (Å²) >= 11 is 0. The molecule has 5 heteroatoms. The number of carbonyl (C=O) groups excluding carboxylic acids is 1. The normalized spacial score (nSPS) is 10.4. The summed E-state index contributed by atoms with van der Waals surface area (Å²) in [6.45, 7) is 0. The van der Waals surface area contributed by atoms with Gasteiger partial charge in [-0.1, -0.05) is 18.2 Å². The number of hydrogen-bond acceptors (Lipinski definition) is 4. The van der Waals surface area contributed by atoms with Gasteiger partial charge in [0.1, 0.15) is 0 Å². The first-order valence-electron chi connectivity index (χ1n) is 6.10. The summed E-state index contributed by atoms with van der Waals surface area (Å²) in [6.07, 6.45) is 4.70. The maximum atomic E-state index is 12.4. The third-order valence-electron chi connectivity index (χ3n) is 2.99. The number of nitrogens with one attached hydrogen (secondary N) is 1. The zero-order valence-electron chi connectivity index (χ0n) is 10.6. The van der Waals surface area contributed by atoms with Gasteiger partial charge in [0.2, 0.25) is 0 Å². The number of aromatic nitrogens is 2. The molecule has 0 saturated carbocycles. The van der Waals surface area contributed by atoms with Gasteiger partial charge in [-0.15, -0.1) is 0 Å². The Morgan fingerprint density at radius 3 is 2.80 bits per heavy atom. The Kier molecular flexibility index (Phi) is 3.01. The number of benzene rings is 1. The summed E-state index contributed by atoms with van der Waals surface area (Å²) < 4.78 is 0. The lowest BCUT2D eigenvalue weighted by atomic mass is 10.1. The number of rotatable bonds is 2. The summed E-state index contributed by atoms with van der Waals surface area (Å²) in [4.78, 5) is 20.5. The quantitative estimate of drug-likeness (QED) is 0.745. The number of nitrogens with two attached hydrogens (primary N) is 1. The Bertz CT molecular complexity index is 780. The summed E-state index contributed by atoms with van der Waals surface area (Å²) in [5, 5.41) is 3.59. The zero-order chi connectivity index (χ0) is 13.9. The molecule has 0 atom stereocenters. The van der Waals surface area contributed by atoms with Crippen molar-refractivity contribution in [1.82, 2.24) is 9.97 Å². The Hall–Kier alpha value is -2.95. The van der Waals surface area contributed by atoms with Crippen LogP contribution in [0.15, 0.2) is 55.0 Å². The number of nitrogens with zero attached hydrogens (tertiary/aromatic N) is 2. The van der Waals surface area contributed by atoms with E-state index in [2.05, 4.69) is 15.3 Å². The van der Waals surface area contributed by atoms with Crippen molar-refractivity contribution in [2.24, 2.45) is 0 Å². The summed E-state index contributed by atoms with van der Waals surface area (Å²) in [5.74, 6) is -0.221. The van der Waals surface area contributed by atoms with Crippen LogP contribution in [0.25, 0.3) is 10.9 Å². The van der Waals surface area contributed by atoms with E-state index in [0.717, 1.165) is 10.9 Å². The highest BCUT2D eigenvalue weighted by atomic mass is 16.1. The first-order chi connectivity index (χ1) is 9.75. The lowest BCUT2D eigenvalue weighted by Gasteiger charge is -2.09. The minimum absolute atomic E-state index is 0.221. The fourth-order valence-corrected chi connectivity index (χ4v) is 2.00. The highest BCUT2D eigenvalue weighted by Gasteiger charge is 2.11. The van der Waals surface area contributed by atoms with E-state index >= 15 is 0 Å². The van der Waals surface area contributed by atoms with Crippen molar-refractivity contribution in [3.05, 3.63) is 60.6 Å².